The van der Waals surface area contributed by atoms with E-state index in [9.17, 15) is 0 Å². The molecule has 0 aromatic carbocycles. The highest BCUT2D eigenvalue weighted by atomic mass is 127. The van der Waals surface area contributed by atoms with Crippen molar-refractivity contribution < 1.29 is 0 Å². The molecule has 0 aromatic rings. The van der Waals surface area contributed by atoms with Crippen molar-refractivity contribution in [1.82, 2.24) is 0 Å². The number of unbranched alkanes of at least 4 members (excludes halogenated alkanes) is 6. The maximum absolute atomic E-state index is 2.54. The third-order valence-corrected chi connectivity index (χ3v) is 3.30. The smallest absolute Gasteiger partial charge is 0.0675 e. The zero-order chi connectivity index (χ0) is 10.2. The molecule has 0 saturated carbocycles. The lowest BCUT2D eigenvalue weighted by atomic mass is 10.1. The van der Waals surface area contributed by atoms with E-state index in [1.807, 2.05) is 0 Å². The molecule has 0 spiro atoms. The molecule has 0 aliphatic rings. The van der Waals surface area contributed by atoms with Gasteiger partial charge >= 0.3 is 0 Å². The third-order valence-electron chi connectivity index (χ3n) is 2.22. The van der Waals surface area contributed by atoms with E-state index in [2.05, 4.69) is 59.0 Å². The largest absolute Gasteiger partial charge is 0.0706 e. The number of alkyl halides is 2. The Morgan fingerprint density at radius 1 is 0.846 bits per heavy atom. The summed E-state index contributed by atoms with van der Waals surface area (Å²) in [6.45, 7) is 4.59. The van der Waals surface area contributed by atoms with Gasteiger partial charge in [-0.1, -0.05) is 97.1 Å². The topological polar surface area (TPSA) is 0 Å². The lowest BCUT2D eigenvalue weighted by Gasteiger charge is -2.13. The van der Waals surface area contributed by atoms with Gasteiger partial charge in [-0.05, 0) is 13.3 Å². The monoisotopic (exact) mass is 408 g/mol. The molecule has 13 heavy (non-hydrogen) atoms. The van der Waals surface area contributed by atoms with E-state index in [4.69, 9.17) is 0 Å². The number of rotatable bonds is 8. The summed E-state index contributed by atoms with van der Waals surface area (Å²) in [5.74, 6) is 0. The second-order valence-electron chi connectivity index (χ2n) is 3.94. The molecule has 0 aromatic heterocycles. The first kappa shape index (κ1) is 14.5. The lowest BCUT2D eigenvalue weighted by molar-refractivity contribution is 0.575. The van der Waals surface area contributed by atoms with E-state index in [1.54, 1.807) is 0 Å². The Morgan fingerprint density at radius 3 is 1.77 bits per heavy atom. The van der Waals surface area contributed by atoms with Gasteiger partial charge in [0.2, 0.25) is 0 Å². The van der Waals surface area contributed by atoms with Gasteiger partial charge < -0.3 is 0 Å². The van der Waals surface area contributed by atoms with Crippen LogP contribution in [0.15, 0.2) is 0 Å². The van der Waals surface area contributed by atoms with E-state index in [1.165, 1.54) is 51.4 Å². The number of hydrogen-bond donors (Lipinski definition) is 0. The van der Waals surface area contributed by atoms with Crippen molar-refractivity contribution in [3.63, 3.8) is 0 Å². The second kappa shape index (κ2) is 8.74. The first-order chi connectivity index (χ1) is 6.06. The summed E-state index contributed by atoms with van der Waals surface area (Å²) < 4.78 is 0.485. The molecule has 0 bridgehead atoms. The fourth-order valence-electron chi connectivity index (χ4n) is 1.39. The standard InChI is InChI=1S/C11H22I2/c1-3-4-5-6-7-8-9-10-11(2,12)13/h3-10H2,1-2H3. The van der Waals surface area contributed by atoms with Crippen LogP contribution in [-0.2, 0) is 0 Å². The Labute approximate surface area is 111 Å². The SMILES string of the molecule is CCCCCCCCCC(C)(I)I. The van der Waals surface area contributed by atoms with Crippen molar-refractivity contribution in [1.29, 1.82) is 0 Å². The molecule has 0 unspecified atom stereocenters. The third kappa shape index (κ3) is 13.5. The zero-order valence-electron chi connectivity index (χ0n) is 8.91. The highest BCUT2D eigenvalue weighted by Crippen LogP contribution is 2.32. The summed E-state index contributed by atoms with van der Waals surface area (Å²) in [5.41, 5.74) is 0. The minimum atomic E-state index is 0.485. The molecule has 0 fully saturated rings. The van der Waals surface area contributed by atoms with Crippen LogP contribution >= 0.6 is 45.2 Å². The van der Waals surface area contributed by atoms with Gasteiger partial charge in [-0.25, -0.2) is 0 Å². The van der Waals surface area contributed by atoms with E-state index >= 15 is 0 Å². The first-order valence-corrected chi connectivity index (χ1v) is 7.60. The number of hydrogen-bond acceptors (Lipinski definition) is 0. The van der Waals surface area contributed by atoms with Gasteiger partial charge in [-0.2, -0.15) is 0 Å². The molecule has 0 aliphatic carbocycles. The molecule has 0 nitrogen and oxygen atoms in total. The molecule has 2 heteroatoms. The van der Waals surface area contributed by atoms with Gasteiger partial charge in [0, 0.05) is 0 Å². The van der Waals surface area contributed by atoms with Gasteiger partial charge in [0.25, 0.3) is 0 Å². The van der Waals surface area contributed by atoms with Crippen LogP contribution in [0.3, 0.4) is 0 Å². The molecule has 0 amide bonds. The Kier molecular flexibility index (Phi) is 9.72. The van der Waals surface area contributed by atoms with E-state index in [0.29, 0.717) is 1.43 Å². The molecule has 0 aliphatic heterocycles. The molecule has 0 atom stereocenters. The van der Waals surface area contributed by atoms with Crippen molar-refractivity contribution in [3.05, 3.63) is 0 Å². The molecular formula is C11H22I2. The van der Waals surface area contributed by atoms with Crippen LogP contribution in [-0.4, -0.2) is 1.43 Å². The zero-order valence-corrected chi connectivity index (χ0v) is 13.2. The molecule has 0 rings (SSSR count). The maximum Gasteiger partial charge on any atom is 0.0706 e. The van der Waals surface area contributed by atoms with Crippen molar-refractivity contribution in [2.24, 2.45) is 0 Å². The Morgan fingerprint density at radius 2 is 1.31 bits per heavy atom. The maximum atomic E-state index is 2.54. The van der Waals surface area contributed by atoms with Crippen LogP contribution in [0.4, 0.5) is 0 Å². The van der Waals surface area contributed by atoms with Crippen molar-refractivity contribution in [3.8, 4) is 0 Å². The Hall–Kier alpha value is 1.46. The van der Waals surface area contributed by atoms with Crippen LogP contribution < -0.4 is 0 Å². The lowest BCUT2D eigenvalue weighted by Crippen LogP contribution is -2.02. The van der Waals surface area contributed by atoms with Crippen LogP contribution in [0.5, 0.6) is 0 Å². The highest BCUT2D eigenvalue weighted by Gasteiger charge is 2.12. The van der Waals surface area contributed by atoms with Gasteiger partial charge in [0.15, 0.2) is 0 Å². The summed E-state index contributed by atoms with van der Waals surface area (Å²) in [7, 11) is 0. The van der Waals surface area contributed by atoms with Crippen LogP contribution in [0.25, 0.3) is 0 Å². The minimum absolute atomic E-state index is 0.485. The Balaban J connectivity index is 3.00. The average molecular weight is 408 g/mol. The molecule has 0 saturated heterocycles. The molecule has 0 N–H and O–H groups in total. The van der Waals surface area contributed by atoms with E-state index < -0.39 is 0 Å². The van der Waals surface area contributed by atoms with E-state index in [0.717, 1.165) is 0 Å². The predicted molar refractivity (Wildman–Crippen MR) is 79.1 cm³/mol. The van der Waals surface area contributed by atoms with Gasteiger partial charge in [0.05, 0.1) is 1.43 Å². The Bertz CT molecular complexity index is 105. The molecule has 80 valence electrons. The van der Waals surface area contributed by atoms with Crippen LogP contribution in [0.2, 0.25) is 0 Å². The van der Waals surface area contributed by atoms with Crippen LogP contribution in [0, 0.1) is 0 Å². The number of halogens is 2. The molecular weight excluding hydrogens is 386 g/mol. The quantitative estimate of drug-likeness (QED) is 0.274. The molecule has 0 heterocycles. The van der Waals surface area contributed by atoms with Gasteiger partial charge in [0.1, 0.15) is 0 Å². The molecule has 0 radical (unpaired) electrons. The van der Waals surface area contributed by atoms with E-state index in [-0.39, 0.29) is 0 Å². The fraction of sp³-hybridized carbons (Fsp3) is 1.00. The average Bonchev–Trinajstić information content (AvgIpc) is 2.01. The first-order valence-electron chi connectivity index (χ1n) is 5.44. The summed E-state index contributed by atoms with van der Waals surface area (Å²) in [6.07, 6.45) is 11.3. The van der Waals surface area contributed by atoms with Crippen molar-refractivity contribution in [2.75, 3.05) is 0 Å². The predicted octanol–water partition coefficient (Wildman–Crippen LogP) is 5.71. The van der Waals surface area contributed by atoms with Crippen molar-refractivity contribution >= 4 is 45.2 Å². The second-order valence-corrected chi connectivity index (χ2v) is 10.8. The summed E-state index contributed by atoms with van der Waals surface area (Å²) in [4.78, 5) is 0. The fourth-order valence-corrected chi connectivity index (χ4v) is 2.16. The van der Waals surface area contributed by atoms with Gasteiger partial charge in [-0.3, -0.25) is 0 Å². The summed E-state index contributed by atoms with van der Waals surface area (Å²) in [6, 6.07) is 0. The highest BCUT2D eigenvalue weighted by molar-refractivity contribution is 14.2. The minimum Gasteiger partial charge on any atom is -0.0675 e. The van der Waals surface area contributed by atoms with Crippen molar-refractivity contribution in [2.45, 2.75) is 66.6 Å². The van der Waals surface area contributed by atoms with Crippen LogP contribution in [0.1, 0.15) is 65.2 Å². The summed E-state index contributed by atoms with van der Waals surface area (Å²) >= 11 is 5.08. The summed E-state index contributed by atoms with van der Waals surface area (Å²) in [5, 5.41) is 0. The van der Waals surface area contributed by atoms with Gasteiger partial charge in [-0.15, -0.1) is 0 Å². The normalized spacial score (nSPS) is 12.0.